The van der Waals surface area contributed by atoms with Crippen LogP contribution in [0.1, 0.15) is 46.2 Å². The molecular formula is C18H22N2. The molecule has 0 fully saturated rings. The highest BCUT2D eigenvalue weighted by Gasteiger charge is 2.30. The van der Waals surface area contributed by atoms with Gasteiger partial charge in [0.2, 0.25) is 0 Å². The number of nitrogens with one attached hydrogen (secondary N) is 1. The van der Waals surface area contributed by atoms with Crippen molar-refractivity contribution in [3.05, 3.63) is 70.3 Å². The van der Waals surface area contributed by atoms with E-state index in [1.54, 1.807) is 0 Å². The fourth-order valence-corrected chi connectivity index (χ4v) is 3.47. The van der Waals surface area contributed by atoms with Crippen LogP contribution in [-0.2, 0) is 6.42 Å². The normalized spacial score (nSPS) is 18.9. The number of hydrogen-bond acceptors (Lipinski definition) is 2. The van der Waals surface area contributed by atoms with Gasteiger partial charge in [-0.2, -0.15) is 0 Å². The summed E-state index contributed by atoms with van der Waals surface area (Å²) in [5.74, 6) is 6.38. The summed E-state index contributed by atoms with van der Waals surface area (Å²) in [5.41, 5.74) is 10.0. The number of hydrazine groups is 1. The van der Waals surface area contributed by atoms with E-state index in [2.05, 4.69) is 61.7 Å². The van der Waals surface area contributed by atoms with Crippen LogP contribution in [0.5, 0.6) is 0 Å². The van der Waals surface area contributed by atoms with Crippen LogP contribution in [0, 0.1) is 13.8 Å². The van der Waals surface area contributed by atoms with Crippen LogP contribution >= 0.6 is 0 Å². The molecule has 2 unspecified atom stereocenters. The van der Waals surface area contributed by atoms with Crippen LogP contribution in [0.4, 0.5) is 0 Å². The Hall–Kier alpha value is -1.64. The van der Waals surface area contributed by atoms with Gasteiger partial charge in [0.15, 0.2) is 0 Å². The number of aryl methyl sites for hydroxylation is 2. The lowest BCUT2D eigenvalue weighted by molar-refractivity contribution is 0.451. The highest BCUT2D eigenvalue weighted by Crippen LogP contribution is 2.42. The second-order valence-corrected chi connectivity index (χ2v) is 5.78. The molecule has 0 spiro atoms. The first-order valence-corrected chi connectivity index (χ1v) is 7.32. The summed E-state index contributed by atoms with van der Waals surface area (Å²) in [6.45, 7) is 4.35. The molecule has 0 saturated heterocycles. The zero-order chi connectivity index (χ0) is 14.1. The Balaban J connectivity index is 2.02. The van der Waals surface area contributed by atoms with E-state index in [0.717, 1.165) is 6.42 Å². The zero-order valence-electron chi connectivity index (χ0n) is 12.2. The molecule has 104 valence electrons. The molecule has 0 bridgehead atoms. The number of hydrogen-bond donors (Lipinski definition) is 2. The largest absolute Gasteiger partial charge is 0.271 e. The third kappa shape index (κ3) is 2.15. The van der Waals surface area contributed by atoms with E-state index in [1.165, 1.54) is 34.2 Å². The average molecular weight is 266 g/mol. The van der Waals surface area contributed by atoms with E-state index in [1.807, 2.05) is 0 Å². The van der Waals surface area contributed by atoms with E-state index < -0.39 is 0 Å². The summed E-state index contributed by atoms with van der Waals surface area (Å²) in [6, 6.07) is 15.4. The zero-order valence-corrected chi connectivity index (χ0v) is 12.2. The van der Waals surface area contributed by atoms with Crippen LogP contribution in [0.3, 0.4) is 0 Å². The molecule has 1 aliphatic rings. The van der Waals surface area contributed by atoms with E-state index in [4.69, 9.17) is 5.84 Å². The molecule has 1 aliphatic carbocycles. The molecule has 2 nitrogen and oxygen atoms in total. The van der Waals surface area contributed by atoms with Gasteiger partial charge in [-0.15, -0.1) is 0 Å². The fraction of sp³-hybridized carbons (Fsp3) is 0.333. The number of rotatable bonds is 3. The average Bonchev–Trinajstić information content (AvgIpc) is 2.88. The lowest BCUT2D eigenvalue weighted by atomic mass is 9.86. The van der Waals surface area contributed by atoms with Gasteiger partial charge in [-0.3, -0.25) is 11.3 Å². The number of fused-ring (bicyclic) bond motifs is 1. The lowest BCUT2D eigenvalue weighted by Crippen LogP contribution is -2.32. The van der Waals surface area contributed by atoms with Crippen LogP contribution in [0.25, 0.3) is 0 Å². The van der Waals surface area contributed by atoms with Crippen LogP contribution < -0.4 is 11.3 Å². The van der Waals surface area contributed by atoms with Gasteiger partial charge in [-0.05, 0) is 54.5 Å². The van der Waals surface area contributed by atoms with Gasteiger partial charge < -0.3 is 0 Å². The van der Waals surface area contributed by atoms with E-state index in [0.29, 0.717) is 5.92 Å². The molecule has 2 aromatic rings. The van der Waals surface area contributed by atoms with Gasteiger partial charge in [0.25, 0.3) is 0 Å². The van der Waals surface area contributed by atoms with Crippen LogP contribution in [-0.4, -0.2) is 0 Å². The Bertz CT molecular complexity index is 619. The minimum Gasteiger partial charge on any atom is -0.271 e. The third-order valence-corrected chi connectivity index (χ3v) is 4.74. The number of benzene rings is 2. The van der Waals surface area contributed by atoms with E-state index in [9.17, 15) is 0 Å². The predicted octanol–water partition coefficient (Wildman–Crippen LogP) is 3.54. The van der Waals surface area contributed by atoms with Crippen molar-refractivity contribution in [1.29, 1.82) is 0 Å². The SMILES string of the molecule is Cc1cccc(C(NN)C2CCc3ccccc32)c1C. The second kappa shape index (κ2) is 5.39. The maximum atomic E-state index is 5.91. The molecule has 0 radical (unpaired) electrons. The first kappa shape index (κ1) is 13.3. The summed E-state index contributed by atoms with van der Waals surface area (Å²) in [7, 11) is 0. The minimum absolute atomic E-state index is 0.193. The van der Waals surface area contributed by atoms with Gasteiger partial charge in [0, 0.05) is 5.92 Å². The molecule has 3 N–H and O–H groups in total. The first-order chi connectivity index (χ1) is 9.72. The lowest BCUT2D eigenvalue weighted by Gasteiger charge is -2.26. The van der Waals surface area contributed by atoms with Crippen molar-refractivity contribution in [2.75, 3.05) is 0 Å². The predicted molar refractivity (Wildman–Crippen MR) is 83.5 cm³/mol. The van der Waals surface area contributed by atoms with E-state index in [-0.39, 0.29) is 6.04 Å². The summed E-state index contributed by atoms with van der Waals surface area (Å²) in [6.07, 6.45) is 2.32. The van der Waals surface area contributed by atoms with Gasteiger partial charge in [-0.1, -0.05) is 42.5 Å². The molecule has 2 heteroatoms. The molecule has 0 aliphatic heterocycles. The van der Waals surface area contributed by atoms with Crippen molar-refractivity contribution >= 4 is 0 Å². The van der Waals surface area contributed by atoms with Crippen molar-refractivity contribution < 1.29 is 0 Å². The Morgan fingerprint density at radius 1 is 1.10 bits per heavy atom. The summed E-state index contributed by atoms with van der Waals surface area (Å²) < 4.78 is 0. The Morgan fingerprint density at radius 2 is 1.90 bits per heavy atom. The fourth-order valence-electron chi connectivity index (χ4n) is 3.47. The molecule has 2 atom stereocenters. The van der Waals surface area contributed by atoms with Gasteiger partial charge in [0.05, 0.1) is 6.04 Å². The molecule has 3 rings (SSSR count). The molecule has 2 aromatic carbocycles. The summed E-state index contributed by atoms with van der Waals surface area (Å²) >= 11 is 0. The van der Waals surface area contributed by atoms with Crippen LogP contribution in [0.2, 0.25) is 0 Å². The highest BCUT2D eigenvalue weighted by molar-refractivity contribution is 5.41. The van der Waals surface area contributed by atoms with Gasteiger partial charge in [-0.25, -0.2) is 0 Å². The summed E-state index contributed by atoms with van der Waals surface area (Å²) in [4.78, 5) is 0. The topological polar surface area (TPSA) is 38.0 Å². The Labute approximate surface area is 121 Å². The van der Waals surface area contributed by atoms with Crippen molar-refractivity contribution in [3.63, 3.8) is 0 Å². The number of nitrogens with two attached hydrogens (primary N) is 1. The van der Waals surface area contributed by atoms with Crippen LogP contribution in [0.15, 0.2) is 42.5 Å². The third-order valence-electron chi connectivity index (χ3n) is 4.74. The highest BCUT2D eigenvalue weighted by atomic mass is 15.2. The van der Waals surface area contributed by atoms with Crippen molar-refractivity contribution in [1.82, 2.24) is 5.43 Å². The van der Waals surface area contributed by atoms with Crippen molar-refractivity contribution in [2.24, 2.45) is 5.84 Å². The van der Waals surface area contributed by atoms with Gasteiger partial charge in [0.1, 0.15) is 0 Å². The maximum absolute atomic E-state index is 5.91. The quantitative estimate of drug-likeness (QED) is 0.659. The van der Waals surface area contributed by atoms with E-state index >= 15 is 0 Å². The Morgan fingerprint density at radius 3 is 2.70 bits per heavy atom. The molecule has 0 amide bonds. The second-order valence-electron chi connectivity index (χ2n) is 5.78. The molecule has 0 heterocycles. The smallest absolute Gasteiger partial charge is 0.0531 e. The van der Waals surface area contributed by atoms with Crippen molar-refractivity contribution in [2.45, 2.75) is 38.6 Å². The monoisotopic (exact) mass is 266 g/mol. The standard InChI is InChI=1S/C18H22N2/c1-12-6-5-9-15(13(12)2)18(20-19)17-11-10-14-7-3-4-8-16(14)17/h3-9,17-18,20H,10-11,19H2,1-2H3. The molecule has 0 saturated carbocycles. The maximum Gasteiger partial charge on any atom is 0.0531 e. The Kier molecular flexibility index (Phi) is 3.60. The molecular weight excluding hydrogens is 244 g/mol. The summed E-state index contributed by atoms with van der Waals surface area (Å²) in [5, 5.41) is 0. The first-order valence-electron chi connectivity index (χ1n) is 7.32. The molecule has 0 aromatic heterocycles. The van der Waals surface area contributed by atoms with Gasteiger partial charge >= 0.3 is 0 Å². The van der Waals surface area contributed by atoms with Crippen molar-refractivity contribution in [3.8, 4) is 0 Å². The molecule has 20 heavy (non-hydrogen) atoms. The minimum atomic E-state index is 0.193.